The first-order chi connectivity index (χ1) is 7.39. The van der Waals surface area contributed by atoms with Gasteiger partial charge in [-0.3, -0.25) is 9.11 Å². The lowest BCUT2D eigenvalue weighted by Crippen LogP contribution is -2.47. The van der Waals surface area contributed by atoms with Crippen LogP contribution < -0.4 is 11.5 Å². The number of nitrogens with two attached hydrogens (primary N) is 2. The maximum absolute atomic E-state index is 11.5. The predicted octanol–water partition coefficient (Wildman–Crippen LogP) is -3.25. The molecule has 13 heteroatoms. The van der Waals surface area contributed by atoms with Crippen LogP contribution in [-0.2, 0) is 30.1 Å². The van der Waals surface area contributed by atoms with E-state index in [1.165, 1.54) is 0 Å². The zero-order valence-corrected chi connectivity index (χ0v) is 10.7. The van der Waals surface area contributed by atoms with Gasteiger partial charge in [-0.15, -0.1) is 0 Å². The number of sulfone groups is 1. The van der Waals surface area contributed by atoms with Gasteiger partial charge in [0, 0.05) is 13.1 Å². The molecule has 0 radical (unpaired) electrons. The fraction of sp³-hybridized carbons (Fsp3) is 1.00. The van der Waals surface area contributed by atoms with E-state index < -0.39 is 52.3 Å². The third kappa shape index (κ3) is 3.84. The molecule has 0 aliphatic rings. The molecule has 0 aliphatic heterocycles. The molecule has 17 heavy (non-hydrogen) atoms. The zero-order chi connectivity index (χ0) is 14.1. The van der Waals surface area contributed by atoms with Crippen LogP contribution in [0.5, 0.6) is 0 Å². The third-order valence-electron chi connectivity index (χ3n) is 1.78. The van der Waals surface area contributed by atoms with Crippen LogP contribution in [0.25, 0.3) is 0 Å². The normalized spacial score (nSPS) is 17.6. The van der Waals surface area contributed by atoms with E-state index >= 15 is 0 Å². The van der Waals surface area contributed by atoms with Crippen molar-refractivity contribution < 1.29 is 34.4 Å². The molecule has 0 aromatic heterocycles. The maximum atomic E-state index is 11.5. The summed E-state index contributed by atoms with van der Waals surface area (Å²) in [6, 6.07) is 0. The summed E-state index contributed by atoms with van der Waals surface area (Å²) in [5, 5.41) is 0. The Morgan fingerprint density at radius 1 is 0.765 bits per heavy atom. The minimum atomic E-state index is -5.13. The summed E-state index contributed by atoms with van der Waals surface area (Å²) in [7, 11) is -15.3. The van der Waals surface area contributed by atoms with Crippen molar-refractivity contribution in [1.29, 1.82) is 0 Å². The lowest BCUT2D eigenvalue weighted by atomic mass is 10.8. The van der Waals surface area contributed by atoms with E-state index in [1.54, 1.807) is 0 Å². The van der Waals surface area contributed by atoms with Gasteiger partial charge in [-0.1, -0.05) is 0 Å². The van der Waals surface area contributed by atoms with E-state index in [-0.39, 0.29) is 0 Å². The maximum Gasteiger partial charge on any atom is 0.283 e. The zero-order valence-electron chi connectivity index (χ0n) is 8.29. The molecular formula is C4H12N2O8S3. The van der Waals surface area contributed by atoms with Gasteiger partial charge in [-0.05, 0) is 0 Å². The Balaban J connectivity index is 5.86. The number of rotatable bonds is 6. The largest absolute Gasteiger partial charge is 0.328 e. The second-order valence-corrected chi connectivity index (χ2v) is 9.06. The van der Waals surface area contributed by atoms with Gasteiger partial charge in [0.15, 0.2) is 9.84 Å². The topological polar surface area (TPSA) is 195 Å². The Labute approximate surface area is 98.4 Å². The van der Waals surface area contributed by atoms with Gasteiger partial charge in [0.05, 0.1) is 0 Å². The van der Waals surface area contributed by atoms with Gasteiger partial charge in [0.2, 0.25) is 9.16 Å². The van der Waals surface area contributed by atoms with Crippen molar-refractivity contribution in [2.45, 2.75) is 9.16 Å². The predicted molar refractivity (Wildman–Crippen MR) is 57.7 cm³/mol. The minimum Gasteiger partial charge on any atom is -0.328 e. The highest BCUT2D eigenvalue weighted by atomic mass is 32.3. The standard InChI is InChI=1S/C4H12N2O8S3/c5-1-3(16(9,10)11)15(7,8)4(2-6)17(12,13)14/h3-4H,1-2,5-6H2,(H,9,10,11)(H,12,13,14). The molecule has 0 spiro atoms. The van der Waals surface area contributed by atoms with Crippen molar-refractivity contribution in [1.82, 2.24) is 0 Å². The Morgan fingerprint density at radius 2 is 1.00 bits per heavy atom. The van der Waals surface area contributed by atoms with Crippen LogP contribution in [0.3, 0.4) is 0 Å². The van der Waals surface area contributed by atoms with E-state index in [2.05, 4.69) is 0 Å². The van der Waals surface area contributed by atoms with Crippen molar-refractivity contribution in [2.75, 3.05) is 13.1 Å². The first-order valence-electron chi connectivity index (χ1n) is 3.94. The average Bonchev–Trinajstić information content (AvgIpc) is 1.98. The van der Waals surface area contributed by atoms with E-state index in [1.807, 2.05) is 0 Å². The second kappa shape index (κ2) is 5.13. The minimum absolute atomic E-state index is 1.08. The summed E-state index contributed by atoms with van der Waals surface area (Å²) in [6.45, 7) is -2.15. The van der Waals surface area contributed by atoms with Crippen LogP contribution >= 0.6 is 0 Å². The molecule has 0 amide bonds. The molecule has 0 saturated heterocycles. The highest BCUT2D eigenvalue weighted by Gasteiger charge is 2.46. The first-order valence-corrected chi connectivity index (χ1v) is 8.56. The SMILES string of the molecule is NCC(S(=O)(=O)O)S(=O)(=O)C(CN)S(=O)(=O)O. The molecule has 0 rings (SSSR count). The molecule has 2 unspecified atom stereocenters. The van der Waals surface area contributed by atoms with Crippen LogP contribution in [0.2, 0.25) is 0 Å². The van der Waals surface area contributed by atoms with Crippen molar-refractivity contribution >= 4 is 30.1 Å². The summed E-state index contributed by atoms with van der Waals surface area (Å²) in [5.41, 5.74) is 9.69. The summed E-state index contributed by atoms with van der Waals surface area (Å²) >= 11 is 0. The molecule has 0 bridgehead atoms. The Hall–Kier alpha value is -0.310. The molecule has 0 aromatic carbocycles. The smallest absolute Gasteiger partial charge is 0.283 e. The van der Waals surface area contributed by atoms with Crippen molar-refractivity contribution in [3.63, 3.8) is 0 Å². The summed E-state index contributed by atoms with van der Waals surface area (Å²) in [4.78, 5) is 0. The molecule has 0 fully saturated rings. The fourth-order valence-corrected chi connectivity index (χ4v) is 6.11. The molecule has 104 valence electrons. The third-order valence-corrected chi connectivity index (χ3v) is 8.42. The van der Waals surface area contributed by atoms with E-state index in [0.29, 0.717) is 0 Å². The number of hydrogen-bond acceptors (Lipinski definition) is 8. The molecule has 2 atom stereocenters. The van der Waals surface area contributed by atoms with E-state index in [4.69, 9.17) is 20.6 Å². The second-order valence-electron chi connectivity index (χ2n) is 2.95. The molecule has 0 saturated carbocycles. The quantitative estimate of drug-likeness (QED) is 0.361. The van der Waals surface area contributed by atoms with Gasteiger partial charge in [0.25, 0.3) is 20.2 Å². The van der Waals surface area contributed by atoms with Gasteiger partial charge < -0.3 is 11.5 Å². The van der Waals surface area contributed by atoms with Crippen molar-refractivity contribution in [3.05, 3.63) is 0 Å². The Kier molecular flexibility index (Phi) is 5.04. The lowest BCUT2D eigenvalue weighted by Gasteiger charge is -2.18. The van der Waals surface area contributed by atoms with Gasteiger partial charge in [0.1, 0.15) is 0 Å². The molecule has 0 aliphatic carbocycles. The van der Waals surface area contributed by atoms with Gasteiger partial charge in [-0.25, -0.2) is 8.42 Å². The Bertz CT molecular complexity index is 514. The number of hydrogen-bond donors (Lipinski definition) is 4. The van der Waals surface area contributed by atoms with Crippen LogP contribution in [0.15, 0.2) is 0 Å². The van der Waals surface area contributed by atoms with Gasteiger partial charge >= 0.3 is 0 Å². The summed E-state index contributed by atoms with van der Waals surface area (Å²) < 4.78 is 78.1. The first kappa shape index (κ1) is 16.7. The van der Waals surface area contributed by atoms with Crippen LogP contribution in [0.4, 0.5) is 0 Å². The van der Waals surface area contributed by atoms with E-state index in [9.17, 15) is 25.3 Å². The lowest BCUT2D eigenvalue weighted by molar-refractivity contribution is 0.472. The summed E-state index contributed by atoms with van der Waals surface area (Å²) in [5.74, 6) is 0. The Morgan fingerprint density at radius 3 is 1.12 bits per heavy atom. The summed E-state index contributed by atoms with van der Waals surface area (Å²) in [6.07, 6.45) is 0. The molecule has 0 heterocycles. The average molecular weight is 312 g/mol. The van der Waals surface area contributed by atoms with Gasteiger partial charge in [-0.2, -0.15) is 16.8 Å². The van der Waals surface area contributed by atoms with Crippen molar-refractivity contribution in [2.24, 2.45) is 11.5 Å². The van der Waals surface area contributed by atoms with Crippen LogP contribution in [0.1, 0.15) is 0 Å². The molecule has 6 N–H and O–H groups in total. The van der Waals surface area contributed by atoms with Crippen molar-refractivity contribution in [3.8, 4) is 0 Å². The monoisotopic (exact) mass is 312 g/mol. The fourth-order valence-electron chi connectivity index (χ4n) is 1.02. The molecule has 10 nitrogen and oxygen atoms in total. The van der Waals surface area contributed by atoms with Crippen LogP contribution in [-0.4, -0.2) is 56.6 Å². The highest BCUT2D eigenvalue weighted by Crippen LogP contribution is 2.17. The molecule has 0 aromatic rings. The molecular weight excluding hydrogens is 300 g/mol. The van der Waals surface area contributed by atoms with E-state index in [0.717, 1.165) is 0 Å². The highest BCUT2D eigenvalue weighted by molar-refractivity contribution is 8.13. The van der Waals surface area contributed by atoms with Crippen LogP contribution in [0, 0.1) is 0 Å².